The third-order valence-corrected chi connectivity index (χ3v) is 3.44. The van der Waals surface area contributed by atoms with E-state index in [1.54, 1.807) is 0 Å². The number of nitrogens with zero attached hydrogens (tertiary/aromatic N) is 1. The standard InChI is InChI=1S/C12H23N3O2/c1-2-15(8-11(14)16)12(17)7-9-3-5-10(13)6-4-9/h9-10H,2-8,13H2,1H3,(H2,14,16). The molecule has 0 atom stereocenters. The Morgan fingerprint density at radius 2 is 1.82 bits per heavy atom. The van der Waals surface area contributed by atoms with Crippen molar-refractivity contribution in [2.75, 3.05) is 13.1 Å². The topological polar surface area (TPSA) is 89.4 Å². The number of carbonyl (C=O) groups is 2. The van der Waals surface area contributed by atoms with Crippen molar-refractivity contribution in [3.63, 3.8) is 0 Å². The smallest absolute Gasteiger partial charge is 0.237 e. The fourth-order valence-corrected chi connectivity index (χ4v) is 2.33. The molecule has 0 radical (unpaired) electrons. The Labute approximate surface area is 103 Å². The molecule has 98 valence electrons. The van der Waals surface area contributed by atoms with Crippen LogP contribution in [0.4, 0.5) is 0 Å². The van der Waals surface area contributed by atoms with E-state index in [0.717, 1.165) is 25.7 Å². The van der Waals surface area contributed by atoms with Crippen molar-refractivity contribution in [1.29, 1.82) is 0 Å². The Balaban J connectivity index is 2.38. The van der Waals surface area contributed by atoms with Gasteiger partial charge in [0.25, 0.3) is 0 Å². The van der Waals surface area contributed by atoms with E-state index >= 15 is 0 Å². The summed E-state index contributed by atoms with van der Waals surface area (Å²) in [4.78, 5) is 24.3. The van der Waals surface area contributed by atoms with Crippen LogP contribution in [0.15, 0.2) is 0 Å². The van der Waals surface area contributed by atoms with Gasteiger partial charge in [-0.3, -0.25) is 9.59 Å². The Bertz CT molecular complexity index is 273. The van der Waals surface area contributed by atoms with Gasteiger partial charge in [0, 0.05) is 19.0 Å². The molecule has 0 aromatic carbocycles. The van der Waals surface area contributed by atoms with Gasteiger partial charge in [-0.05, 0) is 38.5 Å². The van der Waals surface area contributed by atoms with Crippen LogP contribution in [0.2, 0.25) is 0 Å². The highest BCUT2D eigenvalue weighted by molar-refractivity contribution is 5.83. The fourth-order valence-electron chi connectivity index (χ4n) is 2.33. The maximum Gasteiger partial charge on any atom is 0.237 e. The highest BCUT2D eigenvalue weighted by atomic mass is 16.2. The first-order valence-electron chi connectivity index (χ1n) is 6.34. The van der Waals surface area contributed by atoms with Crippen LogP contribution in [0, 0.1) is 5.92 Å². The predicted molar refractivity (Wildman–Crippen MR) is 66.0 cm³/mol. The molecule has 5 nitrogen and oxygen atoms in total. The summed E-state index contributed by atoms with van der Waals surface area (Å²) in [6, 6.07) is 0.300. The highest BCUT2D eigenvalue weighted by Gasteiger charge is 2.23. The fraction of sp³-hybridized carbons (Fsp3) is 0.833. The second-order valence-corrected chi connectivity index (χ2v) is 4.86. The summed E-state index contributed by atoms with van der Waals surface area (Å²) in [5.74, 6) is 0.00173. The van der Waals surface area contributed by atoms with Gasteiger partial charge in [0.05, 0.1) is 6.54 Å². The van der Waals surface area contributed by atoms with Crippen molar-refractivity contribution in [3.8, 4) is 0 Å². The summed E-state index contributed by atoms with van der Waals surface area (Å²) in [5, 5.41) is 0. The normalized spacial score (nSPS) is 24.4. The number of amides is 2. The number of hydrogen-bond acceptors (Lipinski definition) is 3. The second-order valence-electron chi connectivity index (χ2n) is 4.86. The average molecular weight is 241 g/mol. The molecule has 0 saturated heterocycles. The van der Waals surface area contributed by atoms with Gasteiger partial charge in [-0.25, -0.2) is 0 Å². The molecule has 0 aromatic rings. The number of rotatable bonds is 5. The lowest BCUT2D eigenvalue weighted by molar-refractivity contribution is -0.136. The molecule has 0 aliphatic heterocycles. The molecular formula is C12H23N3O2. The van der Waals surface area contributed by atoms with Crippen molar-refractivity contribution in [1.82, 2.24) is 4.90 Å². The van der Waals surface area contributed by atoms with Gasteiger partial charge in [0.1, 0.15) is 0 Å². The molecular weight excluding hydrogens is 218 g/mol. The molecule has 2 amide bonds. The van der Waals surface area contributed by atoms with Gasteiger partial charge in [0.15, 0.2) is 0 Å². The lowest BCUT2D eigenvalue weighted by Gasteiger charge is -2.27. The summed E-state index contributed by atoms with van der Waals surface area (Å²) in [6.45, 7) is 2.42. The van der Waals surface area contributed by atoms with E-state index < -0.39 is 5.91 Å². The Kier molecular flexibility index (Phi) is 5.41. The molecule has 4 N–H and O–H groups in total. The summed E-state index contributed by atoms with van der Waals surface area (Å²) in [5.41, 5.74) is 10.9. The Morgan fingerprint density at radius 1 is 1.24 bits per heavy atom. The summed E-state index contributed by atoms with van der Waals surface area (Å²) in [6.07, 6.45) is 4.55. The third kappa shape index (κ3) is 4.73. The van der Waals surface area contributed by atoms with Gasteiger partial charge in [0.2, 0.25) is 11.8 Å². The zero-order valence-corrected chi connectivity index (χ0v) is 10.5. The van der Waals surface area contributed by atoms with Crippen LogP contribution in [0.3, 0.4) is 0 Å². The minimum atomic E-state index is -0.453. The van der Waals surface area contributed by atoms with Crippen molar-refractivity contribution < 1.29 is 9.59 Å². The first kappa shape index (κ1) is 14.0. The number of primary amides is 1. The van der Waals surface area contributed by atoms with Crippen LogP contribution in [-0.4, -0.2) is 35.8 Å². The summed E-state index contributed by atoms with van der Waals surface area (Å²) >= 11 is 0. The zero-order valence-electron chi connectivity index (χ0n) is 10.5. The largest absolute Gasteiger partial charge is 0.368 e. The molecule has 1 aliphatic carbocycles. The van der Waals surface area contributed by atoms with Crippen molar-refractivity contribution in [2.24, 2.45) is 17.4 Å². The van der Waals surface area contributed by atoms with Crippen LogP contribution in [0.5, 0.6) is 0 Å². The third-order valence-electron chi connectivity index (χ3n) is 3.44. The quantitative estimate of drug-likeness (QED) is 0.722. The zero-order chi connectivity index (χ0) is 12.8. The maximum atomic E-state index is 11.9. The van der Waals surface area contributed by atoms with E-state index in [1.807, 2.05) is 6.92 Å². The molecule has 0 aromatic heterocycles. The maximum absolute atomic E-state index is 11.9. The van der Waals surface area contributed by atoms with E-state index in [9.17, 15) is 9.59 Å². The molecule has 17 heavy (non-hydrogen) atoms. The molecule has 0 bridgehead atoms. The van der Waals surface area contributed by atoms with E-state index in [0.29, 0.717) is 24.9 Å². The van der Waals surface area contributed by atoms with Gasteiger partial charge < -0.3 is 16.4 Å². The predicted octanol–water partition coefficient (Wildman–Crippen LogP) is 0.228. The minimum absolute atomic E-state index is 0.0293. The molecule has 0 unspecified atom stereocenters. The van der Waals surface area contributed by atoms with E-state index in [2.05, 4.69) is 0 Å². The van der Waals surface area contributed by atoms with Gasteiger partial charge in [-0.15, -0.1) is 0 Å². The van der Waals surface area contributed by atoms with E-state index in [1.165, 1.54) is 4.90 Å². The molecule has 1 fully saturated rings. The molecule has 1 aliphatic rings. The lowest BCUT2D eigenvalue weighted by atomic mass is 9.84. The van der Waals surface area contributed by atoms with E-state index in [4.69, 9.17) is 11.5 Å². The van der Waals surface area contributed by atoms with Crippen LogP contribution >= 0.6 is 0 Å². The van der Waals surface area contributed by atoms with Crippen molar-refractivity contribution >= 4 is 11.8 Å². The second kappa shape index (κ2) is 6.59. The van der Waals surface area contributed by atoms with Crippen LogP contribution in [-0.2, 0) is 9.59 Å². The SMILES string of the molecule is CCN(CC(N)=O)C(=O)CC1CCC(N)CC1. The molecule has 1 rings (SSSR count). The van der Waals surface area contributed by atoms with Crippen molar-refractivity contribution in [2.45, 2.75) is 45.1 Å². The molecule has 1 saturated carbocycles. The first-order valence-corrected chi connectivity index (χ1v) is 6.34. The highest BCUT2D eigenvalue weighted by Crippen LogP contribution is 2.26. The van der Waals surface area contributed by atoms with Crippen LogP contribution in [0.25, 0.3) is 0 Å². The van der Waals surface area contributed by atoms with Crippen LogP contribution < -0.4 is 11.5 Å². The lowest BCUT2D eigenvalue weighted by Crippen LogP contribution is -2.39. The van der Waals surface area contributed by atoms with Gasteiger partial charge in [-0.2, -0.15) is 0 Å². The average Bonchev–Trinajstić information content (AvgIpc) is 2.28. The summed E-state index contributed by atoms with van der Waals surface area (Å²) < 4.78 is 0. The van der Waals surface area contributed by atoms with Gasteiger partial charge >= 0.3 is 0 Å². The van der Waals surface area contributed by atoms with E-state index in [-0.39, 0.29) is 12.5 Å². The van der Waals surface area contributed by atoms with Crippen LogP contribution in [0.1, 0.15) is 39.0 Å². The number of nitrogens with two attached hydrogens (primary N) is 2. The summed E-state index contributed by atoms with van der Waals surface area (Å²) in [7, 11) is 0. The Hall–Kier alpha value is -1.10. The number of carbonyl (C=O) groups excluding carboxylic acids is 2. The monoisotopic (exact) mass is 241 g/mol. The van der Waals surface area contributed by atoms with Crippen molar-refractivity contribution in [3.05, 3.63) is 0 Å². The first-order chi connectivity index (χ1) is 8.02. The number of likely N-dealkylation sites (N-methyl/N-ethyl adjacent to an activating group) is 1. The molecule has 5 heteroatoms. The molecule has 0 spiro atoms. The van der Waals surface area contributed by atoms with Gasteiger partial charge in [-0.1, -0.05) is 0 Å². The minimum Gasteiger partial charge on any atom is -0.368 e. The molecule has 0 heterocycles. The Morgan fingerprint density at radius 3 is 2.29 bits per heavy atom. The number of hydrogen-bond donors (Lipinski definition) is 2.